The van der Waals surface area contributed by atoms with Gasteiger partial charge in [-0.2, -0.15) is 5.10 Å². The molecule has 1 heterocycles. The predicted molar refractivity (Wildman–Crippen MR) is 113 cm³/mol. The van der Waals surface area contributed by atoms with Crippen LogP contribution in [0, 0.1) is 33.5 Å². The monoisotopic (exact) mass is 370 g/mol. The lowest BCUT2D eigenvalue weighted by Crippen LogP contribution is -2.00. The summed E-state index contributed by atoms with van der Waals surface area (Å²) in [7, 11) is 0. The van der Waals surface area contributed by atoms with Gasteiger partial charge in [0.1, 0.15) is 5.82 Å². The lowest BCUT2D eigenvalue weighted by molar-refractivity contribution is 0.627. The van der Waals surface area contributed by atoms with Crippen LogP contribution in [0.2, 0.25) is 0 Å². The smallest absolute Gasteiger partial charge is 0.123 e. The summed E-state index contributed by atoms with van der Waals surface area (Å²) in [6.45, 7) is 8.40. The maximum Gasteiger partial charge on any atom is 0.123 e. The standard InChI is InChI=1S/C25H23FN2/c1-16-5-11-22(18(3)13-16)24-15-25(23-12-6-17(2)14-19(23)4)28(27-24)21-9-7-20(26)8-10-21/h5-15H,1-4H3. The summed E-state index contributed by atoms with van der Waals surface area (Å²) >= 11 is 0. The molecule has 28 heavy (non-hydrogen) atoms. The topological polar surface area (TPSA) is 17.8 Å². The Kier molecular flexibility index (Phi) is 4.60. The predicted octanol–water partition coefficient (Wildman–Crippen LogP) is 6.58. The summed E-state index contributed by atoms with van der Waals surface area (Å²) in [4.78, 5) is 0. The van der Waals surface area contributed by atoms with E-state index in [1.54, 1.807) is 12.1 Å². The molecule has 0 N–H and O–H groups in total. The molecule has 0 spiro atoms. The van der Waals surface area contributed by atoms with Crippen molar-refractivity contribution >= 4 is 0 Å². The maximum atomic E-state index is 13.5. The highest BCUT2D eigenvalue weighted by Crippen LogP contribution is 2.32. The second kappa shape index (κ2) is 7.08. The van der Waals surface area contributed by atoms with Crippen LogP contribution in [0.25, 0.3) is 28.2 Å². The third kappa shape index (κ3) is 3.36. The molecule has 4 rings (SSSR count). The van der Waals surface area contributed by atoms with Gasteiger partial charge in [0.05, 0.1) is 17.1 Å². The van der Waals surface area contributed by atoms with Gasteiger partial charge in [-0.15, -0.1) is 0 Å². The number of aromatic nitrogens is 2. The van der Waals surface area contributed by atoms with Gasteiger partial charge in [-0.25, -0.2) is 9.07 Å². The Balaban J connectivity index is 1.95. The van der Waals surface area contributed by atoms with Gasteiger partial charge in [-0.3, -0.25) is 0 Å². The number of hydrogen-bond donors (Lipinski definition) is 0. The van der Waals surface area contributed by atoms with Crippen LogP contribution in [0.1, 0.15) is 22.3 Å². The number of nitrogens with zero attached hydrogens (tertiary/aromatic N) is 2. The van der Waals surface area contributed by atoms with Gasteiger partial charge in [0.15, 0.2) is 0 Å². The van der Waals surface area contributed by atoms with Crippen molar-refractivity contribution in [1.29, 1.82) is 0 Å². The van der Waals surface area contributed by atoms with Crippen LogP contribution in [0.3, 0.4) is 0 Å². The maximum absolute atomic E-state index is 13.5. The van der Waals surface area contributed by atoms with E-state index in [-0.39, 0.29) is 5.82 Å². The molecule has 0 aliphatic heterocycles. The molecular formula is C25H23FN2. The second-order valence-electron chi connectivity index (χ2n) is 7.44. The van der Waals surface area contributed by atoms with E-state index in [1.165, 1.54) is 34.4 Å². The van der Waals surface area contributed by atoms with Crippen LogP contribution < -0.4 is 0 Å². The zero-order valence-electron chi connectivity index (χ0n) is 16.6. The van der Waals surface area contributed by atoms with E-state index in [4.69, 9.17) is 5.10 Å². The van der Waals surface area contributed by atoms with Crippen LogP contribution in [0.15, 0.2) is 66.7 Å². The molecule has 0 bridgehead atoms. The average molecular weight is 370 g/mol. The van der Waals surface area contributed by atoms with Crippen molar-refractivity contribution in [2.45, 2.75) is 27.7 Å². The van der Waals surface area contributed by atoms with Crippen molar-refractivity contribution in [2.75, 3.05) is 0 Å². The Morgan fingerprint density at radius 3 is 1.82 bits per heavy atom. The Bertz CT molecular complexity index is 1150. The average Bonchev–Trinajstić information content (AvgIpc) is 3.07. The first-order valence-corrected chi connectivity index (χ1v) is 9.43. The van der Waals surface area contributed by atoms with Gasteiger partial charge >= 0.3 is 0 Å². The van der Waals surface area contributed by atoms with Crippen molar-refractivity contribution in [3.8, 4) is 28.2 Å². The Labute approximate surface area is 165 Å². The first-order valence-electron chi connectivity index (χ1n) is 9.43. The quantitative estimate of drug-likeness (QED) is 0.398. The van der Waals surface area contributed by atoms with E-state index in [2.05, 4.69) is 70.2 Å². The fraction of sp³-hybridized carbons (Fsp3) is 0.160. The van der Waals surface area contributed by atoms with E-state index >= 15 is 0 Å². The summed E-state index contributed by atoms with van der Waals surface area (Å²) in [6, 6.07) is 21.4. The van der Waals surface area contributed by atoms with E-state index < -0.39 is 0 Å². The second-order valence-corrected chi connectivity index (χ2v) is 7.44. The summed E-state index contributed by atoms with van der Waals surface area (Å²) in [6.07, 6.45) is 0. The van der Waals surface area contributed by atoms with Gasteiger partial charge in [0.25, 0.3) is 0 Å². The van der Waals surface area contributed by atoms with E-state index in [1.807, 2.05) is 4.68 Å². The molecule has 4 aromatic rings. The highest BCUT2D eigenvalue weighted by molar-refractivity contribution is 5.74. The molecule has 3 heteroatoms. The van der Waals surface area contributed by atoms with Gasteiger partial charge < -0.3 is 0 Å². The minimum absolute atomic E-state index is 0.251. The van der Waals surface area contributed by atoms with E-state index in [0.717, 1.165) is 28.2 Å². The van der Waals surface area contributed by atoms with Crippen LogP contribution in [0.4, 0.5) is 4.39 Å². The largest absolute Gasteiger partial charge is 0.232 e. The van der Waals surface area contributed by atoms with Crippen molar-refractivity contribution < 1.29 is 4.39 Å². The molecule has 0 amide bonds. The molecule has 0 aliphatic rings. The normalized spacial score (nSPS) is 11.0. The molecule has 0 saturated heterocycles. The molecule has 0 atom stereocenters. The highest BCUT2D eigenvalue weighted by atomic mass is 19.1. The zero-order chi connectivity index (χ0) is 19.8. The molecule has 140 valence electrons. The lowest BCUT2D eigenvalue weighted by atomic mass is 10.00. The SMILES string of the molecule is Cc1ccc(-c2cc(-c3ccc(C)cc3C)n(-c3ccc(F)cc3)n2)c(C)c1. The van der Waals surface area contributed by atoms with Gasteiger partial charge in [0.2, 0.25) is 0 Å². The molecule has 0 fully saturated rings. The molecule has 0 aliphatic carbocycles. The number of rotatable bonds is 3. The van der Waals surface area contributed by atoms with Crippen molar-refractivity contribution in [1.82, 2.24) is 9.78 Å². The zero-order valence-corrected chi connectivity index (χ0v) is 16.6. The van der Waals surface area contributed by atoms with Crippen LogP contribution in [-0.2, 0) is 0 Å². The van der Waals surface area contributed by atoms with Gasteiger partial charge in [-0.1, -0.05) is 47.5 Å². The number of halogens is 1. The third-order valence-electron chi connectivity index (χ3n) is 5.10. The van der Waals surface area contributed by atoms with E-state index in [9.17, 15) is 4.39 Å². The molecule has 0 saturated carbocycles. The first kappa shape index (κ1) is 18.2. The molecule has 3 aromatic carbocycles. The van der Waals surface area contributed by atoms with Crippen molar-refractivity contribution in [2.24, 2.45) is 0 Å². The Morgan fingerprint density at radius 1 is 0.679 bits per heavy atom. The summed E-state index contributed by atoms with van der Waals surface area (Å²) < 4.78 is 15.4. The van der Waals surface area contributed by atoms with Crippen LogP contribution in [-0.4, -0.2) is 9.78 Å². The fourth-order valence-corrected chi connectivity index (χ4v) is 3.69. The molecule has 1 aromatic heterocycles. The minimum Gasteiger partial charge on any atom is -0.232 e. The Morgan fingerprint density at radius 2 is 1.25 bits per heavy atom. The molecule has 0 unspecified atom stereocenters. The number of benzene rings is 3. The molecule has 0 radical (unpaired) electrons. The third-order valence-corrected chi connectivity index (χ3v) is 5.10. The number of hydrogen-bond acceptors (Lipinski definition) is 1. The Hall–Kier alpha value is -3.20. The first-order chi connectivity index (χ1) is 13.4. The van der Waals surface area contributed by atoms with Gasteiger partial charge in [0, 0.05) is 11.1 Å². The van der Waals surface area contributed by atoms with Crippen LogP contribution in [0.5, 0.6) is 0 Å². The molecular weight excluding hydrogens is 347 g/mol. The fourth-order valence-electron chi connectivity index (χ4n) is 3.69. The van der Waals surface area contributed by atoms with Crippen molar-refractivity contribution in [3.05, 3.63) is 94.8 Å². The summed E-state index contributed by atoms with van der Waals surface area (Å²) in [5.74, 6) is -0.251. The van der Waals surface area contributed by atoms with Crippen molar-refractivity contribution in [3.63, 3.8) is 0 Å². The number of aryl methyl sites for hydroxylation is 4. The highest BCUT2D eigenvalue weighted by Gasteiger charge is 2.16. The van der Waals surface area contributed by atoms with Crippen LogP contribution >= 0.6 is 0 Å². The summed E-state index contributed by atoms with van der Waals surface area (Å²) in [5.41, 5.74) is 9.82. The summed E-state index contributed by atoms with van der Waals surface area (Å²) in [5, 5.41) is 4.90. The van der Waals surface area contributed by atoms with E-state index in [0.29, 0.717) is 0 Å². The van der Waals surface area contributed by atoms with Gasteiger partial charge in [-0.05, 0) is 69.2 Å². The minimum atomic E-state index is -0.251. The lowest BCUT2D eigenvalue weighted by Gasteiger charge is -2.10. The molecule has 2 nitrogen and oxygen atoms in total.